The standard InChI is InChI=1S/C12H17FO2/c1-3-15-9-12(2,14)8-10-4-6-11(13)7-5-10/h4-7,14H,3,8-9H2,1-2H3. The zero-order valence-corrected chi connectivity index (χ0v) is 9.16. The molecule has 0 amide bonds. The number of halogens is 1. The predicted octanol–water partition coefficient (Wildman–Crippen LogP) is 2.16. The van der Waals surface area contributed by atoms with Crippen LogP contribution in [0.3, 0.4) is 0 Å². The van der Waals surface area contributed by atoms with Crippen LogP contribution >= 0.6 is 0 Å². The van der Waals surface area contributed by atoms with Crippen molar-refractivity contribution in [3.8, 4) is 0 Å². The summed E-state index contributed by atoms with van der Waals surface area (Å²) >= 11 is 0. The molecule has 15 heavy (non-hydrogen) atoms. The Kier molecular flexibility index (Phi) is 4.24. The maximum absolute atomic E-state index is 12.6. The number of hydrogen-bond acceptors (Lipinski definition) is 2. The van der Waals surface area contributed by atoms with E-state index in [1.165, 1.54) is 12.1 Å². The molecule has 1 aromatic carbocycles. The van der Waals surface area contributed by atoms with Crippen LogP contribution in [0, 0.1) is 5.82 Å². The van der Waals surface area contributed by atoms with Crippen molar-refractivity contribution in [2.75, 3.05) is 13.2 Å². The molecule has 1 rings (SSSR count). The van der Waals surface area contributed by atoms with Gasteiger partial charge in [-0.05, 0) is 31.5 Å². The van der Waals surface area contributed by atoms with Crippen molar-refractivity contribution in [2.45, 2.75) is 25.9 Å². The Morgan fingerprint density at radius 3 is 2.47 bits per heavy atom. The number of hydrogen-bond donors (Lipinski definition) is 1. The summed E-state index contributed by atoms with van der Waals surface area (Å²) in [4.78, 5) is 0. The van der Waals surface area contributed by atoms with E-state index < -0.39 is 5.60 Å². The Balaban J connectivity index is 2.56. The fourth-order valence-electron chi connectivity index (χ4n) is 1.41. The van der Waals surface area contributed by atoms with Gasteiger partial charge in [-0.1, -0.05) is 12.1 Å². The molecular formula is C12H17FO2. The highest BCUT2D eigenvalue weighted by Gasteiger charge is 2.20. The third-order valence-electron chi connectivity index (χ3n) is 2.12. The minimum absolute atomic E-state index is 0.261. The van der Waals surface area contributed by atoms with Crippen molar-refractivity contribution >= 4 is 0 Å². The van der Waals surface area contributed by atoms with E-state index in [0.29, 0.717) is 19.6 Å². The second-order valence-electron chi connectivity index (χ2n) is 3.94. The lowest BCUT2D eigenvalue weighted by molar-refractivity contribution is -0.0296. The normalized spacial score (nSPS) is 14.9. The zero-order chi connectivity index (χ0) is 11.3. The van der Waals surface area contributed by atoms with E-state index in [0.717, 1.165) is 5.56 Å². The molecule has 0 saturated heterocycles. The Morgan fingerprint density at radius 1 is 1.33 bits per heavy atom. The first-order valence-electron chi connectivity index (χ1n) is 5.08. The third kappa shape index (κ3) is 4.40. The maximum Gasteiger partial charge on any atom is 0.123 e. The topological polar surface area (TPSA) is 29.5 Å². The van der Waals surface area contributed by atoms with Gasteiger partial charge in [0.2, 0.25) is 0 Å². The molecule has 2 nitrogen and oxygen atoms in total. The molecule has 1 unspecified atom stereocenters. The van der Waals surface area contributed by atoms with Crippen molar-refractivity contribution in [3.05, 3.63) is 35.6 Å². The maximum atomic E-state index is 12.6. The van der Waals surface area contributed by atoms with Crippen LogP contribution in [0.4, 0.5) is 4.39 Å². The summed E-state index contributed by atoms with van der Waals surface area (Å²) in [6.07, 6.45) is 0.466. The number of ether oxygens (including phenoxy) is 1. The lowest BCUT2D eigenvalue weighted by Gasteiger charge is -2.22. The van der Waals surface area contributed by atoms with Gasteiger partial charge in [0.15, 0.2) is 0 Å². The Labute approximate surface area is 89.7 Å². The van der Waals surface area contributed by atoms with Crippen molar-refractivity contribution in [3.63, 3.8) is 0 Å². The van der Waals surface area contributed by atoms with Gasteiger partial charge in [0.1, 0.15) is 5.82 Å². The highest BCUT2D eigenvalue weighted by Crippen LogP contribution is 2.14. The minimum atomic E-state index is -0.895. The number of benzene rings is 1. The fourth-order valence-corrected chi connectivity index (χ4v) is 1.41. The van der Waals surface area contributed by atoms with Crippen LogP contribution in [0.2, 0.25) is 0 Å². The second-order valence-corrected chi connectivity index (χ2v) is 3.94. The third-order valence-corrected chi connectivity index (χ3v) is 2.12. The zero-order valence-electron chi connectivity index (χ0n) is 9.16. The summed E-state index contributed by atoms with van der Waals surface area (Å²) in [6, 6.07) is 6.14. The van der Waals surface area contributed by atoms with Gasteiger partial charge in [0.05, 0.1) is 12.2 Å². The average molecular weight is 212 g/mol. The molecule has 1 N–H and O–H groups in total. The molecule has 3 heteroatoms. The summed E-state index contributed by atoms with van der Waals surface area (Å²) in [7, 11) is 0. The van der Waals surface area contributed by atoms with E-state index in [1.807, 2.05) is 6.92 Å². The number of aliphatic hydroxyl groups is 1. The van der Waals surface area contributed by atoms with Crippen LogP contribution in [0.15, 0.2) is 24.3 Å². The molecule has 1 aromatic rings. The first-order valence-corrected chi connectivity index (χ1v) is 5.08. The predicted molar refractivity (Wildman–Crippen MR) is 57.2 cm³/mol. The highest BCUT2D eigenvalue weighted by atomic mass is 19.1. The van der Waals surface area contributed by atoms with Crippen LogP contribution in [-0.4, -0.2) is 23.9 Å². The Bertz CT molecular complexity index is 293. The lowest BCUT2D eigenvalue weighted by Crippen LogP contribution is -2.33. The van der Waals surface area contributed by atoms with Crippen molar-refractivity contribution in [1.29, 1.82) is 0 Å². The molecule has 84 valence electrons. The smallest absolute Gasteiger partial charge is 0.123 e. The highest BCUT2D eigenvalue weighted by molar-refractivity contribution is 5.17. The van der Waals surface area contributed by atoms with E-state index in [9.17, 15) is 9.50 Å². The van der Waals surface area contributed by atoms with Crippen molar-refractivity contribution < 1.29 is 14.2 Å². The summed E-state index contributed by atoms with van der Waals surface area (Å²) in [5.74, 6) is -0.261. The average Bonchev–Trinajstić information content (AvgIpc) is 2.18. The first-order chi connectivity index (χ1) is 7.03. The molecule has 0 aromatic heterocycles. The molecule has 0 spiro atoms. The van der Waals surface area contributed by atoms with Gasteiger partial charge in [-0.2, -0.15) is 0 Å². The fraction of sp³-hybridized carbons (Fsp3) is 0.500. The quantitative estimate of drug-likeness (QED) is 0.810. The van der Waals surface area contributed by atoms with Gasteiger partial charge in [0.25, 0.3) is 0 Å². The molecule has 0 saturated carbocycles. The van der Waals surface area contributed by atoms with Crippen LogP contribution in [0.25, 0.3) is 0 Å². The van der Waals surface area contributed by atoms with Gasteiger partial charge < -0.3 is 9.84 Å². The molecule has 0 radical (unpaired) electrons. The first kappa shape index (κ1) is 12.1. The van der Waals surface area contributed by atoms with E-state index >= 15 is 0 Å². The summed E-state index contributed by atoms with van der Waals surface area (Å²) in [6.45, 7) is 4.47. The summed E-state index contributed by atoms with van der Waals surface area (Å²) < 4.78 is 17.8. The van der Waals surface area contributed by atoms with Gasteiger partial charge in [-0.15, -0.1) is 0 Å². The molecule has 0 aliphatic rings. The molecule has 0 fully saturated rings. The minimum Gasteiger partial charge on any atom is -0.387 e. The molecule has 1 atom stereocenters. The molecule has 0 heterocycles. The van der Waals surface area contributed by atoms with Crippen LogP contribution in [-0.2, 0) is 11.2 Å². The van der Waals surface area contributed by atoms with Crippen LogP contribution in [0.1, 0.15) is 19.4 Å². The summed E-state index contributed by atoms with van der Waals surface area (Å²) in [5.41, 5.74) is 0.00880. The second kappa shape index (κ2) is 5.24. The number of rotatable bonds is 5. The van der Waals surface area contributed by atoms with Gasteiger partial charge in [0, 0.05) is 13.0 Å². The van der Waals surface area contributed by atoms with Gasteiger partial charge in [-0.3, -0.25) is 0 Å². The van der Waals surface area contributed by atoms with E-state index in [4.69, 9.17) is 4.74 Å². The molecule has 0 aliphatic heterocycles. The Hall–Kier alpha value is -0.930. The SMILES string of the molecule is CCOCC(C)(O)Cc1ccc(F)cc1. The van der Waals surface area contributed by atoms with E-state index in [-0.39, 0.29) is 5.82 Å². The monoisotopic (exact) mass is 212 g/mol. The largest absolute Gasteiger partial charge is 0.387 e. The molecule has 0 bridgehead atoms. The van der Waals surface area contributed by atoms with Crippen molar-refractivity contribution in [1.82, 2.24) is 0 Å². The van der Waals surface area contributed by atoms with E-state index in [1.54, 1.807) is 19.1 Å². The summed E-state index contributed by atoms with van der Waals surface area (Å²) in [5, 5.41) is 9.95. The van der Waals surface area contributed by atoms with Gasteiger partial charge in [-0.25, -0.2) is 4.39 Å². The van der Waals surface area contributed by atoms with Crippen molar-refractivity contribution in [2.24, 2.45) is 0 Å². The van der Waals surface area contributed by atoms with Crippen LogP contribution in [0.5, 0.6) is 0 Å². The van der Waals surface area contributed by atoms with E-state index in [2.05, 4.69) is 0 Å². The molecule has 0 aliphatic carbocycles. The lowest BCUT2D eigenvalue weighted by atomic mass is 9.97. The van der Waals surface area contributed by atoms with Gasteiger partial charge >= 0.3 is 0 Å². The molecular weight excluding hydrogens is 195 g/mol. The Morgan fingerprint density at radius 2 is 1.93 bits per heavy atom. The van der Waals surface area contributed by atoms with Crippen LogP contribution < -0.4 is 0 Å².